The minimum Gasteiger partial charge on any atom is -0.508 e. The molecule has 26 heavy (non-hydrogen) atoms. The van der Waals surface area contributed by atoms with Crippen molar-refractivity contribution in [3.05, 3.63) is 62.5 Å². The number of aromatic hydroxyl groups is 1. The number of phenols is 1. The summed E-state index contributed by atoms with van der Waals surface area (Å²) in [7, 11) is 0. The Bertz CT molecular complexity index is 733. The van der Waals surface area contributed by atoms with E-state index in [9.17, 15) is 15.3 Å². The summed E-state index contributed by atoms with van der Waals surface area (Å²) < 4.78 is 1.96. The Morgan fingerprint density at radius 3 is 2.31 bits per heavy atom. The molecule has 1 fully saturated rings. The van der Waals surface area contributed by atoms with Gasteiger partial charge in [0.1, 0.15) is 5.75 Å². The topological polar surface area (TPSA) is 63.9 Å². The second-order valence-electron chi connectivity index (χ2n) is 6.91. The first-order valence-electron chi connectivity index (χ1n) is 8.72. The Morgan fingerprint density at radius 1 is 1.08 bits per heavy atom. The zero-order valence-electron chi connectivity index (χ0n) is 14.5. The number of likely N-dealkylation sites (tertiary alicyclic amines) is 1. The van der Waals surface area contributed by atoms with Crippen LogP contribution >= 0.6 is 31.9 Å². The molecule has 0 bridgehead atoms. The van der Waals surface area contributed by atoms with Crippen LogP contribution in [0.3, 0.4) is 0 Å². The molecule has 0 amide bonds. The van der Waals surface area contributed by atoms with Crippen LogP contribution in [0.2, 0.25) is 0 Å². The largest absolute Gasteiger partial charge is 0.508 e. The first-order valence-corrected chi connectivity index (χ1v) is 10.3. The number of benzene rings is 2. The second-order valence-corrected chi connectivity index (χ2v) is 8.74. The summed E-state index contributed by atoms with van der Waals surface area (Å²) in [4.78, 5) is 2.26. The van der Waals surface area contributed by atoms with E-state index >= 15 is 0 Å². The van der Waals surface area contributed by atoms with Gasteiger partial charge in [-0.25, -0.2) is 0 Å². The standard InChI is InChI=1S/C20H23Br2NO3/c1-12(20(26)13-2-4-17(24)5-3-13)23-7-6-18(25)11-19(23)14-8-15(21)10-16(22)9-14/h2-5,8-10,12,18-20,24-26H,6-7,11H2,1H3. The van der Waals surface area contributed by atoms with Gasteiger partial charge in [-0.3, -0.25) is 4.90 Å². The molecular weight excluding hydrogens is 462 g/mol. The number of halogens is 2. The summed E-state index contributed by atoms with van der Waals surface area (Å²) in [5.41, 5.74) is 1.88. The van der Waals surface area contributed by atoms with E-state index in [2.05, 4.69) is 48.9 Å². The molecule has 0 aromatic heterocycles. The smallest absolute Gasteiger partial charge is 0.115 e. The van der Waals surface area contributed by atoms with Crippen LogP contribution in [0.4, 0.5) is 0 Å². The lowest BCUT2D eigenvalue weighted by molar-refractivity contribution is -0.0221. The van der Waals surface area contributed by atoms with E-state index in [0.29, 0.717) is 19.4 Å². The molecule has 2 aromatic carbocycles. The second kappa shape index (κ2) is 8.40. The maximum absolute atomic E-state index is 10.9. The molecule has 0 saturated carbocycles. The first-order chi connectivity index (χ1) is 12.3. The average Bonchev–Trinajstić information content (AvgIpc) is 2.60. The Hall–Kier alpha value is -0.920. The van der Waals surface area contributed by atoms with Gasteiger partial charge >= 0.3 is 0 Å². The van der Waals surface area contributed by atoms with Crippen molar-refractivity contribution in [3.8, 4) is 5.75 Å². The molecule has 6 heteroatoms. The summed E-state index contributed by atoms with van der Waals surface area (Å²) in [5, 5.41) is 30.6. The summed E-state index contributed by atoms with van der Waals surface area (Å²) in [5.74, 6) is 0.187. The van der Waals surface area contributed by atoms with Gasteiger partial charge < -0.3 is 15.3 Å². The quantitative estimate of drug-likeness (QED) is 0.596. The van der Waals surface area contributed by atoms with E-state index in [0.717, 1.165) is 20.1 Å². The van der Waals surface area contributed by atoms with E-state index in [-0.39, 0.29) is 23.9 Å². The normalized spacial score (nSPS) is 23.6. The lowest BCUT2D eigenvalue weighted by Crippen LogP contribution is -2.46. The van der Waals surface area contributed by atoms with Gasteiger partial charge in [-0.05, 0) is 61.2 Å². The number of piperidine rings is 1. The van der Waals surface area contributed by atoms with Crippen molar-refractivity contribution >= 4 is 31.9 Å². The molecule has 4 nitrogen and oxygen atoms in total. The summed E-state index contributed by atoms with van der Waals surface area (Å²) >= 11 is 7.08. The molecule has 0 spiro atoms. The number of aliphatic hydroxyl groups is 2. The van der Waals surface area contributed by atoms with Gasteiger partial charge in [-0.1, -0.05) is 44.0 Å². The van der Waals surface area contributed by atoms with Gasteiger partial charge in [0.2, 0.25) is 0 Å². The van der Waals surface area contributed by atoms with E-state index < -0.39 is 6.10 Å². The maximum atomic E-state index is 10.9. The number of hydrogen-bond acceptors (Lipinski definition) is 4. The van der Waals surface area contributed by atoms with Crippen LogP contribution in [-0.4, -0.2) is 38.9 Å². The fraction of sp³-hybridized carbons (Fsp3) is 0.400. The number of phenolic OH excluding ortho intramolecular Hbond substituents is 1. The van der Waals surface area contributed by atoms with E-state index in [1.165, 1.54) is 0 Å². The fourth-order valence-corrected chi connectivity index (χ4v) is 5.01. The van der Waals surface area contributed by atoms with Crippen LogP contribution in [0.15, 0.2) is 51.4 Å². The van der Waals surface area contributed by atoms with Gasteiger partial charge in [0.05, 0.1) is 12.2 Å². The third-order valence-electron chi connectivity index (χ3n) is 5.10. The molecule has 1 aliphatic heterocycles. The number of nitrogens with zero attached hydrogens (tertiary/aromatic N) is 1. The molecule has 140 valence electrons. The molecule has 0 radical (unpaired) electrons. The SMILES string of the molecule is CC(C(O)c1ccc(O)cc1)N1CCC(O)CC1c1cc(Br)cc(Br)c1. The van der Waals surface area contributed by atoms with Crippen LogP contribution in [0, 0.1) is 0 Å². The highest BCUT2D eigenvalue weighted by Crippen LogP contribution is 2.38. The van der Waals surface area contributed by atoms with Crippen molar-refractivity contribution in [3.63, 3.8) is 0 Å². The van der Waals surface area contributed by atoms with E-state index in [1.54, 1.807) is 24.3 Å². The number of aliphatic hydroxyl groups excluding tert-OH is 2. The molecule has 2 aromatic rings. The van der Waals surface area contributed by atoms with Crippen LogP contribution in [0.25, 0.3) is 0 Å². The molecule has 3 N–H and O–H groups in total. The van der Waals surface area contributed by atoms with Crippen molar-refractivity contribution in [1.82, 2.24) is 4.90 Å². The third kappa shape index (κ3) is 4.49. The zero-order valence-corrected chi connectivity index (χ0v) is 17.7. The number of hydrogen-bond donors (Lipinski definition) is 3. The minimum atomic E-state index is -0.677. The average molecular weight is 485 g/mol. The lowest BCUT2D eigenvalue weighted by atomic mass is 9.90. The molecule has 1 saturated heterocycles. The molecule has 4 atom stereocenters. The summed E-state index contributed by atoms with van der Waals surface area (Å²) in [6.07, 6.45) is 0.310. The Balaban J connectivity index is 1.88. The van der Waals surface area contributed by atoms with Crippen LogP contribution in [0.1, 0.15) is 43.0 Å². The molecule has 1 heterocycles. The highest BCUT2D eigenvalue weighted by molar-refractivity contribution is 9.11. The highest BCUT2D eigenvalue weighted by Gasteiger charge is 2.35. The van der Waals surface area contributed by atoms with E-state index in [1.807, 2.05) is 13.0 Å². The van der Waals surface area contributed by atoms with Gasteiger partial charge in [0.25, 0.3) is 0 Å². The van der Waals surface area contributed by atoms with Gasteiger partial charge in [0.15, 0.2) is 0 Å². The van der Waals surface area contributed by atoms with Crippen LogP contribution in [-0.2, 0) is 0 Å². The highest BCUT2D eigenvalue weighted by atomic mass is 79.9. The molecule has 4 unspecified atom stereocenters. The number of rotatable bonds is 4. The van der Waals surface area contributed by atoms with Gasteiger partial charge in [-0.2, -0.15) is 0 Å². The Kier molecular flexibility index (Phi) is 6.41. The van der Waals surface area contributed by atoms with E-state index in [4.69, 9.17) is 0 Å². The van der Waals surface area contributed by atoms with Crippen molar-refractivity contribution in [2.75, 3.05) is 6.54 Å². The third-order valence-corrected chi connectivity index (χ3v) is 6.02. The Morgan fingerprint density at radius 2 is 1.69 bits per heavy atom. The molecule has 3 rings (SSSR count). The molecular formula is C20H23Br2NO3. The van der Waals surface area contributed by atoms with Crippen molar-refractivity contribution in [1.29, 1.82) is 0 Å². The first kappa shape index (κ1) is 19.8. The predicted octanol–water partition coefficient (Wildman–Crippen LogP) is 4.54. The van der Waals surface area contributed by atoms with Crippen LogP contribution < -0.4 is 0 Å². The van der Waals surface area contributed by atoms with Crippen LogP contribution in [0.5, 0.6) is 5.75 Å². The van der Waals surface area contributed by atoms with Crippen molar-refractivity contribution in [2.24, 2.45) is 0 Å². The zero-order chi connectivity index (χ0) is 18.8. The predicted molar refractivity (Wildman–Crippen MR) is 109 cm³/mol. The lowest BCUT2D eigenvalue weighted by Gasteiger charge is -2.43. The Labute approximate surface area is 170 Å². The van der Waals surface area contributed by atoms with Crippen molar-refractivity contribution < 1.29 is 15.3 Å². The van der Waals surface area contributed by atoms with Crippen molar-refractivity contribution in [2.45, 2.75) is 44.1 Å². The van der Waals surface area contributed by atoms with Gasteiger partial charge in [-0.15, -0.1) is 0 Å². The molecule has 1 aliphatic rings. The maximum Gasteiger partial charge on any atom is 0.115 e. The fourth-order valence-electron chi connectivity index (χ4n) is 3.68. The monoisotopic (exact) mass is 483 g/mol. The molecule has 0 aliphatic carbocycles. The summed E-state index contributed by atoms with van der Waals surface area (Å²) in [6.45, 7) is 2.72. The van der Waals surface area contributed by atoms with Gasteiger partial charge in [0, 0.05) is 27.6 Å². The summed E-state index contributed by atoms with van der Waals surface area (Å²) in [6, 6.07) is 12.7. The minimum absolute atomic E-state index is 0.0225.